The average molecular weight is 475 g/mol. The van der Waals surface area contributed by atoms with Crippen LogP contribution in [0.3, 0.4) is 0 Å². The van der Waals surface area contributed by atoms with Gasteiger partial charge in [-0.15, -0.1) is 0 Å². The maximum absolute atomic E-state index is 11.9. The number of nitrogens with one attached hydrogen (secondary N) is 1. The summed E-state index contributed by atoms with van der Waals surface area (Å²) < 4.78 is 26.2. The number of amides is 1. The van der Waals surface area contributed by atoms with Crippen molar-refractivity contribution >= 4 is 17.4 Å². The molecule has 0 unspecified atom stereocenters. The van der Waals surface area contributed by atoms with E-state index in [2.05, 4.69) is 5.32 Å². The Morgan fingerprint density at radius 3 is 2.12 bits per heavy atom. The maximum Gasteiger partial charge on any atom is 0.284 e. The first-order chi connectivity index (χ1) is 15.9. The lowest BCUT2D eigenvalue weighted by atomic mass is 10.1. The molecule has 0 radical (unpaired) electrons. The van der Waals surface area contributed by atoms with Crippen LogP contribution in [0.5, 0.6) is 11.5 Å². The number of aliphatic hydroxyl groups is 1. The van der Waals surface area contributed by atoms with Crippen molar-refractivity contribution in [2.45, 2.75) is 6.92 Å². The highest BCUT2D eigenvalue weighted by Gasteiger charge is 2.22. The van der Waals surface area contributed by atoms with Gasteiger partial charge in [-0.1, -0.05) is 0 Å². The average Bonchev–Trinajstić information content (AvgIpc) is 2.81. The number of hydrogen-bond acceptors (Lipinski definition) is 11. The summed E-state index contributed by atoms with van der Waals surface area (Å²) in [7, 11) is 2.33. The third-order valence-corrected chi connectivity index (χ3v) is 3.79. The number of nitrogens with zero attached hydrogens (tertiary/aromatic N) is 1. The number of hydrogen-bond donors (Lipinski definition) is 3. The van der Waals surface area contributed by atoms with Crippen LogP contribution in [-0.2, 0) is 19.0 Å². The van der Waals surface area contributed by atoms with Crippen LogP contribution in [-0.4, -0.2) is 95.3 Å². The summed E-state index contributed by atoms with van der Waals surface area (Å²) >= 11 is 0. The first-order valence-corrected chi connectivity index (χ1v) is 10.1. The monoisotopic (exact) mass is 475 g/mol. The zero-order valence-corrected chi connectivity index (χ0v) is 19.2. The summed E-state index contributed by atoms with van der Waals surface area (Å²) in [6, 6.07) is 2.28. The number of carbonyl (C=O) groups excluding carboxylic acids is 2. The minimum Gasteiger partial charge on any atom is -0.493 e. The van der Waals surface area contributed by atoms with Gasteiger partial charge in [-0.05, 0) is 6.92 Å². The molecule has 0 saturated carbocycles. The van der Waals surface area contributed by atoms with Crippen LogP contribution < -0.4 is 20.5 Å². The molecule has 0 aliphatic heterocycles. The van der Waals surface area contributed by atoms with Crippen molar-refractivity contribution in [3.05, 3.63) is 27.8 Å². The fourth-order valence-corrected chi connectivity index (χ4v) is 2.34. The van der Waals surface area contributed by atoms with E-state index in [0.29, 0.717) is 39.6 Å². The second-order valence-electron chi connectivity index (χ2n) is 6.10. The number of nitrogens with two attached hydrogens (primary N) is 1. The normalized spacial score (nSPS) is 10.1. The molecular formula is C20H33N3O10. The van der Waals surface area contributed by atoms with Crippen LogP contribution in [0.1, 0.15) is 17.3 Å². The van der Waals surface area contributed by atoms with Crippen molar-refractivity contribution in [1.82, 2.24) is 5.32 Å². The Morgan fingerprint density at radius 2 is 1.61 bits per heavy atom. The molecule has 1 amide bonds. The molecule has 0 aliphatic rings. The third-order valence-electron chi connectivity index (χ3n) is 3.79. The highest BCUT2D eigenvalue weighted by molar-refractivity contribution is 5.99. The van der Waals surface area contributed by atoms with Crippen LogP contribution in [0.2, 0.25) is 0 Å². The van der Waals surface area contributed by atoms with Gasteiger partial charge in [-0.25, -0.2) is 0 Å². The van der Waals surface area contributed by atoms with E-state index in [1.165, 1.54) is 20.1 Å². The number of nitro benzene ring substituents is 1. The van der Waals surface area contributed by atoms with Crippen molar-refractivity contribution in [3.8, 4) is 11.5 Å². The van der Waals surface area contributed by atoms with E-state index in [1.807, 2.05) is 0 Å². The largest absolute Gasteiger partial charge is 0.493 e. The number of Topliss-reactive ketones (excluding diaryl/α,β-unsaturated/α-hetero) is 1. The lowest BCUT2D eigenvalue weighted by Gasteiger charge is -2.12. The van der Waals surface area contributed by atoms with Crippen LogP contribution in [0.4, 0.5) is 5.69 Å². The minimum atomic E-state index is -0.697. The van der Waals surface area contributed by atoms with E-state index < -0.39 is 28.9 Å². The standard InChI is InChI=1S/C19H29N3O9.CH4O/c1-14(23)15-11-17(27-2)18(12-16(15)22(25)26)31-13-19(24)21-4-6-29-8-10-30-9-7-28-5-3-20;1-2/h11-12H,3-10,13,20H2,1-2H3,(H,21,24);2H,1H3. The smallest absolute Gasteiger partial charge is 0.284 e. The molecule has 13 heteroatoms. The molecule has 13 nitrogen and oxygen atoms in total. The topological polar surface area (TPSA) is 182 Å². The van der Waals surface area contributed by atoms with Crippen molar-refractivity contribution in [1.29, 1.82) is 0 Å². The van der Waals surface area contributed by atoms with Gasteiger partial charge in [0.1, 0.15) is 0 Å². The Morgan fingerprint density at radius 1 is 1.03 bits per heavy atom. The van der Waals surface area contributed by atoms with Gasteiger partial charge in [0.2, 0.25) is 0 Å². The molecular weight excluding hydrogens is 442 g/mol. The van der Waals surface area contributed by atoms with Crippen LogP contribution in [0, 0.1) is 10.1 Å². The number of methoxy groups -OCH3 is 1. The number of carbonyl (C=O) groups is 2. The van der Waals surface area contributed by atoms with Crippen LogP contribution >= 0.6 is 0 Å². The SMILES string of the molecule is CO.COc1cc(C(C)=O)c([N+](=O)[O-])cc1OCC(=O)NCCOCCOCCOCCN. The molecule has 4 N–H and O–H groups in total. The van der Waals surface area contributed by atoms with Crippen molar-refractivity contribution in [2.24, 2.45) is 5.73 Å². The summed E-state index contributed by atoms with van der Waals surface area (Å²) in [4.78, 5) is 34.0. The molecule has 0 saturated heterocycles. The Labute approximate surface area is 192 Å². The Kier molecular flexibility index (Phi) is 17.1. The van der Waals surface area contributed by atoms with E-state index in [-0.39, 0.29) is 30.2 Å². The summed E-state index contributed by atoms with van der Waals surface area (Å²) in [5, 5.41) is 20.8. The summed E-state index contributed by atoms with van der Waals surface area (Å²) in [6.07, 6.45) is 0. The third kappa shape index (κ3) is 12.7. The van der Waals surface area contributed by atoms with Gasteiger partial charge in [-0.2, -0.15) is 0 Å². The molecule has 0 spiro atoms. The number of ketones is 1. The van der Waals surface area contributed by atoms with Gasteiger partial charge < -0.3 is 39.8 Å². The highest BCUT2D eigenvalue weighted by atomic mass is 16.6. The van der Waals surface area contributed by atoms with E-state index in [0.717, 1.165) is 13.2 Å². The number of benzene rings is 1. The Balaban J connectivity index is 0.00000497. The van der Waals surface area contributed by atoms with E-state index in [4.69, 9.17) is 34.5 Å². The fourth-order valence-electron chi connectivity index (χ4n) is 2.34. The quantitative estimate of drug-likeness (QED) is 0.119. The first-order valence-electron chi connectivity index (χ1n) is 10.1. The number of ether oxygens (including phenoxy) is 5. The summed E-state index contributed by atoms with van der Waals surface area (Å²) in [5.41, 5.74) is 4.75. The van der Waals surface area contributed by atoms with Crippen molar-refractivity contribution in [2.75, 3.05) is 73.6 Å². The second kappa shape index (κ2) is 18.7. The predicted octanol–water partition coefficient (Wildman–Crippen LogP) is -0.0820. The summed E-state index contributed by atoms with van der Waals surface area (Å²) in [6.45, 7) is 4.01. The molecule has 1 rings (SSSR count). The predicted molar refractivity (Wildman–Crippen MR) is 118 cm³/mol. The highest BCUT2D eigenvalue weighted by Crippen LogP contribution is 2.34. The van der Waals surface area contributed by atoms with E-state index in [9.17, 15) is 19.7 Å². The van der Waals surface area contributed by atoms with Crippen LogP contribution in [0.25, 0.3) is 0 Å². The molecule has 1 aromatic carbocycles. The molecule has 0 aliphatic carbocycles. The maximum atomic E-state index is 11.9. The van der Waals surface area contributed by atoms with Gasteiger partial charge in [0.15, 0.2) is 23.9 Å². The molecule has 0 bridgehead atoms. The summed E-state index contributed by atoms with van der Waals surface area (Å²) in [5.74, 6) is -0.838. The van der Waals surface area contributed by atoms with Crippen molar-refractivity contribution in [3.63, 3.8) is 0 Å². The fraction of sp³-hybridized carbons (Fsp3) is 0.600. The molecule has 188 valence electrons. The number of aliphatic hydroxyl groups excluding tert-OH is 1. The molecule has 0 fully saturated rings. The molecule has 0 aromatic heterocycles. The zero-order chi connectivity index (χ0) is 25.1. The molecule has 1 aromatic rings. The molecule has 0 atom stereocenters. The van der Waals surface area contributed by atoms with Gasteiger partial charge >= 0.3 is 0 Å². The van der Waals surface area contributed by atoms with Gasteiger partial charge in [0.05, 0.1) is 63.3 Å². The zero-order valence-electron chi connectivity index (χ0n) is 19.2. The van der Waals surface area contributed by atoms with E-state index in [1.54, 1.807) is 0 Å². The Hall–Kier alpha value is -2.84. The van der Waals surface area contributed by atoms with Crippen LogP contribution in [0.15, 0.2) is 12.1 Å². The van der Waals surface area contributed by atoms with Gasteiger partial charge in [-0.3, -0.25) is 19.7 Å². The van der Waals surface area contributed by atoms with Gasteiger partial charge in [0, 0.05) is 26.3 Å². The number of nitro groups is 1. The Bertz CT molecular complexity index is 730. The lowest BCUT2D eigenvalue weighted by molar-refractivity contribution is -0.385. The minimum absolute atomic E-state index is 0.0156. The second-order valence-corrected chi connectivity index (χ2v) is 6.10. The molecule has 33 heavy (non-hydrogen) atoms. The lowest BCUT2D eigenvalue weighted by Crippen LogP contribution is -2.32. The first kappa shape index (κ1) is 30.2. The van der Waals surface area contributed by atoms with E-state index >= 15 is 0 Å². The number of rotatable bonds is 17. The van der Waals surface area contributed by atoms with Crippen molar-refractivity contribution < 1.29 is 43.3 Å². The van der Waals surface area contributed by atoms with Gasteiger partial charge in [0.25, 0.3) is 11.6 Å². The molecule has 0 heterocycles.